The van der Waals surface area contributed by atoms with Crippen molar-refractivity contribution in [2.45, 2.75) is 13.0 Å². The van der Waals surface area contributed by atoms with Crippen LogP contribution in [0.25, 0.3) is 0 Å². The van der Waals surface area contributed by atoms with Crippen molar-refractivity contribution in [2.75, 3.05) is 11.9 Å². The molecule has 0 aromatic heterocycles. The molecule has 1 aliphatic rings. The van der Waals surface area contributed by atoms with Crippen LogP contribution in [0.15, 0.2) is 42.5 Å². The molecule has 0 saturated carbocycles. The van der Waals surface area contributed by atoms with E-state index in [0.29, 0.717) is 13.1 Å². The first kappa shape index (κ1) is 13.9. The molecule has 0 radical (unpaired) electrons. The maximum absolute atomic E-state index is 13.8. The number of nitrogens with one attached hydrogen (secondary N) is 1. The van der Waals surface area contributed by atoms with Crippen molar-refractivity contribution in [1.29, 1.82) is 0 Å². The summed E-state index contributed by atoms with van der Waals surface area (Å²) >= 11 is 5.71. The molecule has 5 heteroatoms. The highest BCUT2D eigenvalue weighted by atomic mass is 35.5. The van der Waals surface area contributed by atoms with Crippen molar-refractivity contribution < 1.29 is 9.18 Å². The molecule has 1 heterocycles. The first-order chi connectivity index (χ1) is 10.1. The number of amides is 2. The normalized spacial score (nSPS) is 13.7. The summed E-state index contributed by atoms with van der Waals surface area (Å²) in [7, 11) is 0. The maximum Gasteiger partial charge on any atom is 0.322 e. The van der Waals surface area contributed by atoms with Gasteiger partial charge in [-0.05, 0) is 29.7 Å². The Hall–Kier alpha value is -2.07. The number of hydrogen-bond donors (Lipinski definition) is 1. The van der Waals surface area contributed by atoms with E-state index in [1.807, 2.05) is 18.2 Å². The highest BCUT2D eigenvalue weighted by molar-refractivity contribution is 6.31. The average Bonchev–Trinajstić information content (AvgIpc) is 2.51. The molecule has 0 fully saturated rings. The number of anilines is 1. The lowest BCUT2D eigenvalue weighted by Crippen LogP contribution is -2.39. The van der Waals surface area contributed by atoms with Gasteiger partial charge in [0, 0.05) is 13.1 Å². The van der Waals surface area contributed by atoms with Crippen LogP contribution in [0.2, 0.25) is 5.02 Å². The predicted molar refractivity (Wildman–Crippen MR) is 81.0 cm³/mol. The van der Waals surface area contributed by atoms with E-state index < -0.39 is 5.82 Å². The first-order valence-corrected chi connectivity index (χ1v) is 7.09. The monoisotopic (exact) mass is 304 g/mol. The lowest BCUT2D eigenvalue weighted by Gasteiger charge is -2.29. The number of carbonyl (C=O) groups is 1. The minimum atomic E-state index is -0.607. The molecule has 0 saturated heterocycles. The second kappa shape index (κ2) is 5.74. The predicted octanol–water partition coefficient (Wildman–Crippen LogP) is 4.07. The Labute approximate surface area is 127 Å². The Morgan fingerprint density at radius 1 is 1.14 bits per heavy atom. The SMILES string of the molecule is O=C(Nc1cccc(Cl)c1F)N1CCc2ccccc2C1. The van der Waals surface area contributed by atoms with E-state index in [1.165, 1.54) is 17.7 Å². The molecule has 2 aromatic rings. The molecule has 21 heavy (non-hydrogen) atoms. The molecular weight excluding hydrogens is 291 g/mol. The van der Waals surface area contributed by atoms with Crippen LogP contribution in [0.3, 0.4) is 0 Å². The molecular formula is C16H14ClFN2O. The lowest BCUT2D eigenvalue weighted by atomic mass is 10.0. The van der Waals surface area contributed by atoms with Crippen molar-refractivity contribution >= 4 is 23.3 Å². The summed E-state index contributed by atoms with van der Waals surface area (Å²) in [6, 6.07) is 12.3. The van der Waals surface area contributed by atoms with Gasteiger partial charge in [-0.3, -0.25) is 0 Å². The summed E-state index contributed by atoms with van der Waals surface area (Å²) in [6.07, 6.45) is 0.807. The molecule has 2 aromatic carbocycles. The number of hydrogen-bond acceptors (Lipinski definition) is 1. The molecule has 0 bridgehead atoms. The van der Waals surface area contributed by atoms with Gasteiger partial charge in [-0.1, -0.05) is 41.9 Å². The summed E-state index contributed by atoms with van der Waals surface area (Å²) in [5, 5.41) is 2.58. The zero-order valence-corrected chi connectivity index (χ0v) is 12.0. The number of benzene rings is 2. The van der Waals surface area contributed by atoms with Crippen molar-refractivity contribution in [1.82, 2.24) is 4.90 Å². The summed E-state index contributed by atoms with van der Waals surface area (Å²) in [5.41, 5.74) is 2.49. The number of nitrogens with zero attached hydrogens (tertiary/aromatic N) is 1. The third-order valence-electron chi connectivity index (χ3n) is 3.61. The van der Waals surface area contributed by atoms with Crippen LogP contribution < -0.4 is 5.32 Å². The molecule has 1 aliphatic heterocycles. The van der Waals surface area contributed by atoms with Gasteiger partial charge in [-0.25, -0.2) is 9.18 Å². The van der Waals surface area contributed by atoms with E-state index in [9.17, 15) is 9.18 Å². The minimum absolute atomic E-state index is 0.00297. The Morgan fingerprint density at radius 2 is 1.90 bits per heavy atom. The topological polar surface area (TPSA) is 32.3 Å². The summed E-state index contributed by atoms with van der Waals surface area (Å²) in [6.45, 7) is 1.15. The number of carbonyl (C=O) groups excluding carboxylic acids is 1. The number of halogens is 2. The van der Waals surface area contributed by atoms with Crippen LogP contribution in [-0.4, -0.2) is 17.5 Å². The van der Waals surface area contributed by atoms with Gasteiger partial charge in [-0.15, -0.1) is 0 Å². The number of urea groups is 1. The van der Waals surface area contributed by atoms with Gasteiger partial charge in [0.1, 0.15) is 0 Å². The van der Waals surface area contributed by atoms with E-state index in [4.69, 9.17) is 11.6 Å². The van der Waals surface area contributed by atoms with Gasteiger partial charge in [0.15, 0.2) is 5.82 Å². The van der Waals surface area contributed by atoms with E-state index >= 15 is 0 Å². The van der Waals surface area contributed by atoms with E-state index in [-0.39, 0.29) is 16.7 Å². The molecule has 0 spiro atoms. The van der Waals surface area contributed by atoms with E-state index in [0.717, 1.165) is 12.0 Å². The van der Waals surface area contributed by atoms with Crippen molar-refractivity contribution in [2.24, 2.45) is 0 Å². The standard InChI is InChI=1S/C16H14ClFN2O/c17-13-6-3-7-14(15(13)18)19-16(21)20-9-8-11-4-1-2-5-12(11)10-20/h1-7H,8-10H2,(H,19,21). The molecule has 3 rings (SSSR count). The largest absolute Gasteiger partial charge is 0.322 e. The Balaban J connectivity index is 1.74. The van der Waals surface area contributed by atoms with Crippen LogP contribution >= 0.6 is 11.6 Å². The van der Waals surface area contributed by atoms with Crippen molar-refractivity contribution in [3.8, 4) is 0 Å². The number of rotatable bonds is 1. The third-order valence-corrected chi connectivity index (χ3v) is 3.90. The summed E-state index contributed by atoms with van der Waals surface area (Å²) < 4.78 is 13.8. The van der Waals surface area contributed by atoms with Crippen LogP contribution in [0.1, 0.15) is 11.1 Å². The zero-order chi connectivity index (χ0) is 14.8. The minimum Gasteiger partial charge on any atom is -0.320 e. The molecule has 3 nitrogen and oxygen atoms in total. The van der Waals surface area contributed by atoms with Crippen molar-refractivity contribution in [3.63, 3.8) is 0 Å². The second-order valence-corrected chi connectivity index (χ2v) is 5.38. The fraction of sp³-hybridized carbons (Fsp3) is 0.188. The summed E-state index contributed by atoms with van der Waals surface area (Å²) in [4.78, 5) is 13.9. The Kier molecular flexibility index (Phi) is 3.80. The van der Waals surface area contributed by atoms with Gasteiger partial charge in [0.05, 0.1) is 10.7 Å². The van der Waals surface area contributed by atoms with E-state index in [1.54, 1.807) is 11.0 Å². The van der Waals surface area contributed by atoms with Gasteiger partial charge in [0.25, 0.3) is 0 Å². The molecule has 108 valence electrons. The van der Waals surface area contributed by atoms with Crippen molar-refractivity contribution in [3.05, 3.63) is 64.4 Å². The molecule has 0 unspecified atom stereocenters. The molecule has 0 atom stereocenters. The molecule has 2 amide bonds. The Bertz CT molecular complexity index is 690. The quantitative estimate of drug-likeness (QED) is 0.846. The van der Waals surface area contributed by atoms with Crippen LogP contribution in [0.4, 0.5) is 14.9 Å². The second-order valence-electron chi connectivity index (χ2n) is 4.97. The summed E-state index contributed by atoms with van der Waals surface area (Å²) in [5.74, 6) is -0.607. The average molecular weight is 305 g/mol. The zero-order valence-electron chi connectivity index (χ0n) is 11.3. The Morgan fingerprint density at radius 3 is 2.71 bits per heavy atom. The lowest BCUT2D eigenvalue weighted by molar-refractivity contribution is 0.206. The highest BCUT2D eigenvalue weighted by Crippen LogP contribution is 2.23. The van der Waals surface area contributed by atoms with E-state index in [2.05, 4.69) is 11.4 Å². The fourth-order valence-corrected chi connectivity index (χ4v) is 2.64. The van der Waals surface area contributed by atoms with Crippen LogP contribution in [0, 0.1) is 5.82 Å². The maximum atomic E-state index is 13.8. The fourth-order valence-electron chi connectivity index (χ4n) is 2.46. The number of fused-ring (bicyclic) bond motifs is 1. The van der Waals surface area contributed by atoms with Gasteiger partial charge >= 0.3 is 6.03 Å². The van der Waals surface area contributed by atoms with Gasteiger partial charge in [-0.2, -0.15) is 0 Å². The third kappa shape index (κ3) is 2.85. The smallest absolute Gasteiger partial charge is 0.320 e. The van der Waals surface area contributed by atoms with Gasteiger partial charge < -0.3 is 10.2 Å². The van der Waals surface area contributed by atoms with Crippen LogP contribution in [-0.2, 0) is 13.0 Å². The van der Waals surface area contributed by atoms with Gasteiger partial charge in [0.2, 0.25) is 0 Å². The first-order valence-electron chi connectivity index (χ1n) is 6.72. The molecule has 1 N–H and O–H groups in total. The van der Waals surface area contributed by atoms with Crippen LogP contribution in [0.5, 0.6) is 0 Å². The molecule has 0 aliphatic carbocycles. The highest BCUT2D eigenvalue weighted by Gasteiger charge is 2.21.